The van der Waals surface area contributed by atoms with Crippen molar-refractivity contribution in [1.82, 2.24) is 10.6 Å². The zero-order valence-electron chi connectivity index (χ0n) is 16.0. The molecular weight excluding hydrogens is 354 g/mol. The Morgan fingerprint density at radius 1 is 1.07 bits per heavy atom. The van der Waals surface area contributed by atoms with E-state index in [0.29, 0.717) is 6.54 Å². The number of furan rings is 1. The summed E-state index contributed by atoms with van der Waals surface area (Å²) in [5.41, 5.74) is 2.45. The Morgan fingerprint density at radius 3 is 2.68 bits per heavy atom. The molecule has 2 N–H and O–H groups in total. The first-order valence-corrected chi connectivity index (χ1v) is 10.2. The summed E-state index contributed by atoms with van der Waals surface area (Å²) < 4.78 is 5.64. The number of fused-ring (bicyclic) bond motifs is 1. The minimum Gasteiger partial charge on any atom is -0.467 e. The number of hydrogen-bond donors (Lipinski definition) is 2. The van der Waals surface area contributed by atoms with E-state index in [1.807, 2.05) is 24.3 Å². The Morgan fingerprint density at radius 2 is 1.89 bits per heavy atom. The summed E-state index contributed by atoms with van der Waals surface area (Å²) in [5, 5.41) is 5.69. The van der Waals surface area contributed by atoms with Crippen LogP contribution in [0.4, 0.5) is 5.69 Å². The monoisotopic (exact) mass is 381 g/mol. The molecule has 2 aromatic rings. The van der Waals surface area contributed by atoms with E-state index >= 15 is 0 Å². The van der Waals surface area contributed by atoms with E-state index in [1.54, 1.807) is 6.26 Å². The zero-order valence-corrected chi connectivity index (χ0v) is 16.0. The molecule has 0 spiro atoms. The van der Waals surface area contributed by atoms with E-state index in [1.165, 1.54) is 12.0 Å². The van der Waals surface area contributed by atoms with Crippen molar-refractivity contribution in [1.29, 1.82) is 0 Å². The van der Waals surface area contributed by atoms with Crippen LogP contribution in [0.2, 0.25) is 0 Å². The van der Waals surface area contributed by atoms with Gasteiger partial charge in [-0.15, -0.1) is 0 Å². The minimum absolute atomic E-state index is 0.123. The van der Waals surface area contributed by atoms with Crippen molar-refractivity contribution >= 4 is 17.5 Å². The van der Waals surface area contributed by atoms with Gasteiger partial charge >= 0.3 is 11.8 Å². The lowest BCUT2D eigenvalue weighted by molar-refractivity contribution is -0.139. The zero-order chi connectivity index (χ0) is 19.3. The van der Waals surface area contributed by atoms with Crippen LogP contribution in [-0.2, 0) is 16.0 Å². The molecule has 2 amide bonds. The van der Waals surface area contributed by atoms with Gasteiger partial charge in [0.15, 0.2) is 0 Å². The van der Waals surface area contributed by atoms with Gasteiger partial charge in [0.05, 0.1) is 6.26 Å². The molecule has 0 radical (unpaired) electrons. The molecule has 2 heterocycles. The highest BCUT2D eigenvalue weighted by molar-refractivity contribution is 6.35. The molecule has 0 saturated heterocycles. The quantitative estimate of drug-likeness (QED) is 0.781. The molecule has 4 rings (SSSR count). The number of carbonyl (C=O) groups is 2. The molecule has 1 aliphatic carbocycles. The number of para-hydroxylation sites is 1. The first-order chi connectivity index (χ1) is 13.7. The molecule has 1 saturated carbocycles. The maximum Gasteiger partial charge on any atom is 0.309 e. The van der Waals surface area contributed by atoms with Crippen molar-refractivity contribution in [2.75, 3.05) is 18.0 Å². The summed E-state index contributed by atoms with van der Waals surface area (Å²) in [6, 6.07) is 12.0. The number of nitrogens with one attached hydrogen (secondary N) is 2. The first kappa shape index (κ1) is 18.6. The predicted molar refractivity (Wildman–Crippen MR) is 107 cm³/mol. The lowest BCUT2D eigenvalue weighted by atomic mass is 9.95. The van der Waals surface area contributed by atoms with Gasteiger partial charge in [0.1, 0.15) is 11.8 Å². The smallest absolute Gasteiger partial charge is 0.309 e. The molecule has 0 unspecified atom stereocenters. The Bertz CT molecular complexity index is 812. The molecule has 6 nitrogen and oxygen atoms in total. The number of amides is 2. The largest absolute Gasteiger partial charge is 0.467 e. The van der Waals surface area contributed by atoms with E-state index in [4.69, 9.17) is 4.42 Å². The van der Waals surface area contributed by atoms with Crippen molar-refractivity contribution in [2.24, 2.45) is 0 Å². The van der Waals surface area contributed by atoms with Crippen molar-refractivity contribution in [3.63, 3.8) is 0 Å². The maximum absolute atomic E-state index is 12.4. The van der Waals surface area contributed by atoms with Crippen LogP contribution in [0.25, 0.3) is 0 Å². The molecule has 6 heteroatoms. The van der Waals surface area contributed by atoms with Crippen molar-refractivity contribution in [2.45, 2.75) is 50.6 Å². The van der Waals surface area contributed by atoms with Crippen LogP contribution in [-0.4, -0.2) is 30.9 Å². The third-order valence-electron chi connectivity index (χ3n) is 5.77. The molecule has 1 aromatic heterocycles. The van der Waals surface area contributed by atoms with Crippen LogP contribution in [0.15, 0.2) is 47.1 Å². The standard InChI is InChI=1S/C22H27N3O3/c26-21(22(27)24-17-8-2-1-3-9-17)23-15-19(20-11-6-14-28-20)25-13-12-16-7-4-5-10-18(16)25/h4-7,10-11,14,17,19H,1-3,8-9,12-13,15H2,(H,23,26)(H,24,27)/t19-/m0/s1. The van der Waals surface area contributed by atoms with Crippen LogP contribution in [0.5, 0.6) is 0 Å². The van der Waals surface area contributed by atoms with Crippen LogP contribution in [0.3, 0.4) is 0 Å². The van der Waals surface area contributed by atoms with Gasteiger partial charge in [-0.1, -0.05) is 37.5 Å². The summed E-state index contributed by atoms with van der Waals surface area (Å²) in [6.45, 7) is 1.17. The van der Waals surface area contributed by atoms with E-state index < -0.39 is 11.8 Å². The van der Waals surface area contributed by atoms with Gasteiger partial charge in [-0.3, -0.25) is 9.59 Å². The first-order valence-electron chi connectivity index (χ1n) is 10.2. The summed E-state index contributed by atoms with van der Waals surface area (Å²) in [7, 11) is 0. The fourth-order valence-corrected chi connectivity index (χ4v) is 4.30. The van der Waals surface area contributed by atoms with Gasteiger partial charge < -0.3 is 20.0 Å². The second-order valence-corrected chi connectivity index (χ2v) is 7.62. The normalized spacial score (nSPS) is 17.8. The summed E-state index contributed by atoms with van der Waals surface area (Å²) in [6.07, 6.45) is 7.95. The average molecular weight is 381 g/mol. The lowest BCUT2D eigenvalue weighted by Gasteiger charge is -2.29. The van der Waals surface area contributed by atoms with E-state index in [9.17, 15) is 9.59 Å². The fourth-order valence-electron chi connectivity index (χ4n) is 4.30. The molecule has 1 atom stereocenters. The Hall–Kier alpha value is -2.76. The number of benzene rings is 1. The van der Waals surface area contributed by atoms with Crippen LogP contribution < -0.4 is 15.5 Å². The lowest BCUT2D eigenvalue weighted by Crippen LogP contribution is -2.47. The van der Waals surface area contributed by atoms with Gasteiger partial charge in [0.2, 0.25) is 0 Å². The Labute approximate surface area is 165 Å². The van der Waals surface area contributed by atoms with Crippen molar-refractivity contribution in [3.8, 4) is 0 Å². The minimum atomic E-state index is -0.574. The van der Waals surface area contributed by atoms with Gasteiger partial charge in [-0.05, 0) is 43.0 Å². The van der Waals surface area contributed by atoms with E-state index in [2.05, 4.69) is 27.7 Å². The number of anilines is 1. The summed E-state index contributed by atoms with van der Waals surface area (Å²) in [4.78, 5) is 26.9. The van der Waals surface area contributed by atoms with Crippen LogP contribution in [0.1, 0.15) is 49.5 Å². The molecule has 1 aliphatic heterocycles. The van der Waals surface area contributed by atoms with E-state index in [-0.39, 0.29) is 12.1 Å². The Kier molecular flexibility index (Phi) is 5.65. The highest BCUT2D eigenvalue weighted by Crippen LogP contribution is 2.34. The molecule has 28 heavy (non-hydrogen) atoms. The maximum atomic E-state index is 12.4. The van der Waals surface area contributed by atoms with Crippen LogP contribution >= 0.6 is 0 Å². The number of rotatable bonds is 5. The second-order valence-electron chi connectivity index (χ2n) is 7.62. The van der Waals surface area contributed by atoms with Gasteiger partial charge in [-0.25, -0.2) is 0 Å². The van der Waals surface area contributed by atoms with Gasteiger partial charge in [0, 0.05) is 24.8 Å². The molecule has 148 valence electrons. The molecular formula is C22H27N3O3. The fraction of sp³-hybridized carbons (Fsp3) is 0.455. The SMILES string of the molecule is O=C(NC[C@@H](c1ccco1)N1CCc2ccccc21)C(=O)NC1CCCCC1. The highest BCUT2D eigenvalue weighted by atomic mass is 16.3. The molecule has 2 aliphatic rings. The summed E-state index contributed by atoms with van der Waals surface area (Å²) >= 11 is 0. The summed E-state index contributed by atoms with van der Waals surface area (Å²) in [5.74, 6) is -0.328. The second kappa shape index (κ2) is 8.50. The molecule has 1 fully saturated rings. The highest BCUT2D eigenvalue weighted by Gasteiger charge is 2.30. The Balaban J connectivity index is 1.41. The molecule has 1 aromatic carbocycles. The molecule has 0 bridgehead atoms. The average Bonchev–Trinajstić information content (AvgIpc) is 3.40. The topological polar surface area (TPSA) is 74.6 Å². The van der Waals surface area contributed by atoms with Gasteiger partial charge in [-0.2, -0.15) is 0 Å². The third-order valence-corrected chi connectivity index (χ3v) is 5.77. The van der Waals surface area contributed by atoms with Gasteiger partial charge in [0.25, 0.3) is 0 Å². The van der Waals surface area contributed by atoms with Crippen molar-refractivity contribution in [3.05, 3.63) is 54.0 Å². The van der Waals surface area contributed by atoms with E-state index in [0.717, 1.165) is 50.1 Å². The number of hydrogen-bond acceptors (Lipinski definition) is 4. The van der Waals surface area contributed by atoms with Crippen molar-refractivity contribution < 1.29 is 14.0 Å². The van der Waals surface area contributed by atoms with Crippen LogP contribution in [0, 0.1) is 0 Å². The number of nitrogens with zero attached hydrogens (tertiary/aromatic N) is 1. The predicted octanol–water partition coefficient (Wildman–Crippen LogP) is 2.95. The third kappa shape index (κ3) is 4.06. The number of carbonyl (C=O) groups excluding carboxylic acids is 2.